The first-order chi connectivity index (χ1) is 13.9. The number of aryl methyl sites for hydroxylation is 1. The molecule has 0 atom stereocenters. The van der Waals surface area contributed by atoms with Crippen LogP contribution in [0.4, 0.5) is 5.69 Å². The summed E-state index contributed by atoms with van der Waals surface area (Å²) >= 11 is 0. The molecule has 8 heteroatoms. The number of benzene rings is 1. The maximum absolute atomic E-state index is 13.3. The largest absolute Gasteiger partial charge is 0.340 e. The van der Waals surface area contributed by atoms with Crippen molar-refractivity contribution in [3.05, 3.63) is 23.3 Å². The molecule has 3 heterocycles. The van der Waals surface area contributed by atoms with E-state index >= 15 is 0 Å². The SMILES string of the molecule is O=C(C1CCCC1)N1CCN(S(=O)(=O)c2cc3c4c(c2)CCN4C(=O)CC3)CC1. The first kappa shape index (κ1) is 19.1. The molecule has 0 radical (unpaired) electrons. The van der Waals surface area contributed by atoms with Crippen LogP contribution in [0.1, 0.15) is 43.2 Å². The average molecular weight is 418 g/mol. The highest BCUT2D eigenvalue weighted by Crippen LogP contribution is 2.39. The van der Waals surface area contributed by atoms with Gasteiger partial charge in [0.2, 0.25) is 21.8 Å². The zero-order valence-electron chi connectivity index (χ0n) is 16.6. The van der Waals surface area contributed by atoms with Gasteiger partial charge in [-0.05, 0) is 48.9 Å². The normalized spacial score (nSPS) is 23.0. The van der Waals surface area contributed by atoms with E-state index in [-0.39, 0.29) is 17.7 Å². The van der Waals surface area contributed by atoms with Crippen LogP contribution in [-0.4, -0.2) is 62.2 Å². The average Bonchev–Trinajstić information content (AvgIpc) is 3.41. The van der Waals surface area contributed by atoms with Crippen LogP contribution in [0.5, 0.6) is 0 Å². The Hall–Kier alpha value is -1.93. The van der Waals surface area contributed by atoms with Crippen molar-refractivity contribution >= 4 is 27.5 Å². The van der Waals surface area contributed by atoms with Crippen molar-refractivity contribution in [3.63, 3.8) is 0 Å². The Balaban J connectivity index is 1.33. The highest BCUT2D eigenvalue weighted by Gasteiger charge is 2.36. The number of sulfonamides is 1. The molecule has 0 N–H and O–H groups in total. The number of nitrogens with zero attached hydrogens (tertiary/aromatic N) is 3. The van der Waals surface area contributed by atoms with Gasteiger partial charge in [-0.3, -0.25) is 9.59 Å². The number of amides is 2. The molecule has 29 heavy (non-hydrogen) atoms. The van der Waals surface area contributed by atoms with E-state index in [1.807, 2.05) is 4.90 Å². The second-order valence-electron chi connectivity index (χ2n) is 8.60. The van der Waals surface area contributed by atoms with E-state index in [1.165, 1.54) is 4.31 Å². The van der Waals surface area contributed by atoms with Gasteiger partial charge in [-0.25, -0.2) is 8.42 Å². The molecular weight excluding hydrogens is 390 g/mol. The van der Waals surface area contributed by atoms with Crippen molar-refractivity contribution in [2.24, 2.45) is 5.92 Å². The highest BCUT2D eigenvalue weighted by molar-refractivity contribution is 7.89. The van der Waals surface area contributed by atoms with E-state index < -0.39 is 10.0 Å². The molecule has 7 nitrogen and oxygen atoms in total. The zero-order chi connectivity index (χ0) is 20.2. The van der Waals surface area contributed by atoms with E-state index in [2.05, 4.69) is 0 Å². The number of anilines is 1. The molecule has 2 amide bonds. The molecule has 1 aromatic rings. The third kappa shape index (κ3) is 3.17. The second kappa shape index (κ2) is 7.09. The van der Waals surface area contributed by atoms with Gasteiger partial charge in [-0.15, -0.1) is 0 Å². The Bertz CT molecular complexity index is 960. The molecule has 0 unspecified atom stereocenters. The molecule has 1 aliphatic carbocycles. The summed E-state index contributed by atoms with van der Waals surface area (Å²) < 4.78 is 28.1. The van der Waals surface area contributed by atoms with Crippen LogP contribution in [0, 0.1) is 5.92 Å². The fourth-order valence-electron chi connectivity index (χ4n) is 5.30. The van der Waals surface area contributed by atoms with Gasteiger partial charge in [0.25, 0.3) is 0 Å². The number of carbonyl (C=O) groups is 2. The summed E-state index contributed by atoms with van der Waals surface area (Å²) in [4.78, 5) is 28.7. The summed E-state index contributed by atoms with van der Waals surface area (Å²) in [6, 6.07) is 3.51. The van der Waals surface area contributed by atoms with Crippen LogP contribution in [0.3, 0.4) is 0 Å². The monoisotopic (exact) mass is 417 g/mol. The van der Waals surface area contributed by atoms with Crippen LogP contribution in [0.2, 0.25) is 0 Å². The lowest BCUT2D eigenvalue weighted by atomic mass is 10.00. The predicted octanol–water partition coefficient (Wildman–Crippen LogP) is 1.55. The van der Waals surface area contributed by atoms with Crippen molar-refractivity contribution in [2.75, 3.05) is 37.6 Å². The van der Waals surface area contributed by atoms with Crippen molar-refractivity contribution in [3.8, 4) is 0 Å². The lowest BCUT2D eigenvalue weighted by molar-refractivity contribution is -0.136. The molecule has 0 spiro atoms. The maximum atomic E-state index is 13.3. The van der Waals surface area contributed by atoms with Gasteiger partial charge >= 0.3 is 0 Å². The van der Waals surface area contributed by atoms with E-state index in [0.29, 0.717) is 56.9 Å². The smallest absolute Gasteiger partial charge is 0.243 e. The fraction of sp³-hybridized carbons (Fsp3) is 0.619. The molecule has 0 bridgehead atoms. The summed E-state index contributed by atoms with van der Waals surface area (Å²) in [5.74, 6) is 0.467. The lowest BCUT2D eigenvalue weighted by Crippen LogP contribution is -2.51. The summed E-state index contributed by atoms with van der Waals surface area (Å²) in [7, 11) is -3.60. The van der Waals surface area contributed by atoms with E-state index in [9.17, 15) is 18.0 Å². The van der Waals surface area contributed by atoms with Crippen LogP contribution in [0.25, 0.3) is 0 Å². The Morgan fingerprint density at radius 3 is 2.24 bits per heavy atom. The topological polar surface area (TPSA) is 78.0 Å². The minimum atomic E-state index is -3.60. The fourth-order valence-corrected chi connectivity index (χ4v) is 6.83. The Kier molecular flexibility index (Phi) is 4.66. The molecule has 3 aliphatic heterocycles. The van der Waals surface area contributed by atoms with Gasteiger partial charge in [0, 0.05) is 45.1 Å². The second-order valence-corrected chi connectivity index (χ2v) is 10.5. The maximum Gasteiger partial charge on any atom is 0.243 e. The molecule has 0 aromatic heterocycles. The zero-order valence-corrected chi connectivity index (χ0v) is 17.4. The lowest BCUT2D eigenvalue weighted by Gasteiger charge is -2.35. The molecule has 5 rings (SSSR count). The Labute approximate surface area is 171 Å². The third-order valence-corrected chi connectivity index (χ3v) is 8.79. The van der Waals surface area contributed by atoms with Gasteiger partial charge in [-0.2, -0.15) is 4.31 Å². The minimum Gasteiger partial charge on any atom is -0.340 e. The molecule has 156 valence electrons. The molecule has 1 saturated heterocycles. The summed E-state index contributed by atoms with van der Waals surface area (Å²) in [6.07, 6.45) is 5.93. The Morgan fingerprint density at radius 2 is 1.55 bits per heavy atom. The number of hydrogen-bond acceptors (Lipinski definition) is 4. The first-order valence-electron chi connectivity index (χ1n) is 10.7. The number of piperazine rings is 1. The quantitative estimate of drug-likeness (QED) is 0.748. The van der Waals surface area contributed by atoms with Crippen LogP contribution < -0.4 is 4.90 Å². The molecular formula is C21H27N3O4S. The Morgan fingerprint density at radius 1 is 0.897 bits per heavy atom. The minimum absolute atomic E-state index is 0.133. The number of hydrogen-bond donors (Lipinski definition) is 0. The summed E-state index contributed by atoms with van der Waals surface area (Å²) in [6.45, 7) is 2.27. The van der Waals surface area contributed by atoms with Crippen LogP contribution >= 0.6 is 0 Å². The highest BCUT2D eigenvalue weighted by atomic mass is 32.2. The van der Waals surface area contributed by atoms with Crippen molar-refractivity contribution in [2.45, 2.75) is 49.8 Å². The third-order valence-electron chi connectivity index (χ3n) is 6.92. The van der Waals surface area contributed by atoms with Crippen LogP contribution in [0.15, 0.2) is 17.0 Å². The van der Waals surface area contributed by atoms with Crippen molar-refractivity contribution < 1.29 is 18.0 Å². The first-order valence-corrected chi connectivity index (χ1v) is 12.1. The van der Waals surface area contributed by atoms with Gasteiger partial charge in [0.15, 0.2) is 0 Å². The van der Waals surface area contributed by atoms with Gasteiger partial charge in [0.05, 0.1) is 10.6 Å². The molecule has 4 aliphatic rings. The van der Waals surface area contributed by atoms with Crippen molar-refractivity contribution in [1.82, 2.24) is 9.21 Å². The molecule has 1 saturated carbocycles. The summed E-state index contributed by atoms with van der Waals surface area (Å²) in [5, 5.41) is 0. The van der Waals surface area contributed by atoms with E-state index in [1.54, 1.807) is 17.0 Å². The summed E-state index contributed by atoms with van der Waals surface area (Å²) in [5.41, 5.74) is 2.87. The van der Waals surface area contributed by atoms with E-state index in [4.69, 9.17) is 0 Å². The van der Waals surface area contributed by atoms with E-state index in [0.717, 1.165) is 42.5 Å². The standard InChI is InChI=1S/C21H27N3O4S/c25-19-6-5-16-13-18(14-17-7-8-24(19)20(16)17)29(27,28)23-11-9-22(10-12-23)21(26)15-3-1-2-4-15/h13-15H,1-12H2. The van der Waals surface area contributed by atoms with Gasteiger partial charge < -0.3 is 9.80 Å². The van der Waals surface area contributed by atoms with Crippen molar-refractivity contribution in [1.29, 1.82) is 0 Å². The van der Waals surface area contributed by atoms with Gasteiger partial charge in [-0.1, -0.05) is 12.8 Å². The van der Waals surface area contributed by atoms with Gasteiger partial charge in [0.1, 0.15) is 0 Å². The molecule has 2 fully saturated rings. The molecule has 1 aromatic carbocycles. The number of carbonyl (C=O) groups excluding carboxylic acids is 2. The number of rotatable bonds is 3. The predicted molar refractivity (Wildman–Crippen MR) is 108 cm³/mol. The van der Waals surface area contributed by atoms with Crippen LogP contribution in [-0.2, 0) is 32.5 Å².